The maximum atomic E-state index is 12.9. The summed E-state index contributed by atoms with van der Waals surface area (Å²) in [5, 5.41) is 5.32. The third kappa shape index (κ3) is 5.36. The fourth-order valence-electron chi connectivity index (χ4n) is 1.74. The predicted molar refractivity (Wildman–Crippen MR) is 75.8 cm³/mol. The average Bonchev–Trinajstić information content (AvgIpc) is 2.40. The van der Waals surface area contributed by atoms with E-state index in [0.29, 0.717) is 18.8 Å². The predicted octanol–water partition coefficient (Wildman–Crippen LogP) is 1.22. The molecule has 110 valence electrons. The van der Waals surface area contributed by atoms with Crippen LogP contribution in [0.25, 0.3) is 0 Å². The fraction of sp³-hybridized carbons (Fsp3) is 0.429. The van der Waals surface area contributed by atoms with Gasteiger partial charge in [-0.3, -0.25) is 14.9 Å². The molecule has 0 bridgehead atoms. The van der Waals surface area contributed by atoms with Crippen LogP contribution in [0, 0.1) is 5.82 Å². The van der Waals surface area contributed by atoms with Crippen molar-refractivity contribution in [1.29, 1.82) is 0 Å². The number of carbonyl (C=O) groups excluding carboxylic acids is 2. The van der Waals surface area contributed by atoms with Crippen molar-refractivity contribution in [2.45, 2.75) is 13.8 Å². The zero-order valence-electron chi connectivity index (χ0n) is 11.8. The molecule has 0 aliphatic rings. The molecule has 0 spiro atoms. The summed E-state index contributed by atoms with van der Waals surface area (Å²) in [7, 11) is 0. The van der Waals surface area contributed by atoms with Crippen molar-refractivity contribution in [3.63, 3.8) is 0 Å². The molecule has 1 aromatic rings. The first-order valence-corrected chi connectivity index (χ1v) is 6.60. The smallest absolute Gasteiger partial charge is 0.238 e. The third-order valence-electron chi connectivity index (χ3n) is 2.79. The number of benzene rings is 1. The van der Waals surface area contributed by atoms with Gasteiger partial charge in [-0.15, -0.1) is 0 Å². The van der Waals surface area contributed by atoms with Crippen LogP contribution in [0.1, 0.15) is 13.8 Å². The van der Waals surface area contributed by atoms with E-state index in [1.54, 1.807) is 11.0 Å². The van der Waals surface area contributed by atoms with Gasteiger partial charge in [0.15, 0.2) is 0 Å². The Bertz CT molecular complexity index is 461. The SMILES string of the molecule is CCN(CC)C(=O)CNCC(=O)Nc1cccc(F)c1. The van der Waals surface area contributed by atoms with Crippen LogP contribution in [0.3, 0.4) is 0 Å². The first kappa shape index (κ1) is 16.1. The van der Waals surface area contributed by atoms with E-state index in [1.165, 1.54) is 18.2 Å². The van der Waals surface area contributed by atoms with Gasteiger partial charge in [0.25, 0.3) is 0 Å². The number of rotatable bonds is 7. The lowest BCUT2D eigenvalue weighted by molar-refractivity contribution is -0.129. The molecule has 20 heavy (non-hydrogen) atoms. The highest BCUT2D eigenvalue weighted by atomic mass is 19.1. The Morgan fingerprint density at radius 3 is 2.50 bits per heavy atom. The Labute approximate surface area is 118 Å². The first-order valence-electron chi connectivity index (χ1n) is 6.60. The summed E-state index contributed by atoms with van der Waals surface area (Å²) in [6, 6.07) is 5.65. The molecule has 2 amide bonds. The van der Waals surface area contributed by atoms with Crippen molar-refractivity contribution in [2.24, 2.45) is 0 Å². The van der Waals surface area contributed by atoms with Crippen LogP contribution in [0.4, 0.5) is 10.1 Å². The van der Waals surface area contributed by atoms with Gasteiger partial charge >= 0.3 is 0 Å². The Kier molecular flexibility index (Phi) is 6.66. The van der Waals surface area contributed by atoms with Gasteiger partial charge in [-0.1, -0.05) is 6.07 Å². The number of nitrogens with one attached hydrogen (secondary N) is 2. The molecule has 0 atom stereocenters. The molecule has 0 fully saturated rings. The van der Waals surface area contributed by atoms with Gasteiger partial charge < -0.3 is 10.2 Å². The standard InChI is InChI=1S/C14H20FN3O2/c1-3-18(4-2)14(20)10-16-9-13(19)17-12-7-5-6-11(15)8-12/h5-8,16H,3-4,9-10H2,1-2H3,(H,17,19). The van der Waals surface area contributed by atoms with E-state index >= 15 is 0 Å². The topological polar surface area (TPSA) is 61.4 Å². The minimum absolute atomic E-state index is 0.00349. The van der Waals surface area contributed by atoms with Crippen molar-refractivity contribution in [1.82, 2.24) is 10.2 Å². The third-order valence-corrected chi connectivity index (χ3v) is 2.79. The van der Waals surface area contributed by atoms with Crippen LogP contribution in [-0.4, -0.2) is 42.9 Å². The van der Waals surface area contributed by atoms with Gasteiger partial charge in [0.2, 0.25) is 11.8 Å². The van der Waals surface area contributed by atoms with Crippen LogP contribution in [0.5, 0.6) is 0 Å². The highest BCUT2D eigenvalue weighted by Crippen LogP contribution is 2.08. The summed E-state index contributed by atoms with van der Waals surface area (Å²) in [5.74, 6) is -0.774. The van der Waals surface area contributed by atoms with Crippen LogP contribution in [0.2, 0.25) is 0 Å². The van der Waals surface area contributed by atoms with E-state index in [2.05, 4.69) is 10.6 Å². The van der Waals surface area contributed by atoms with E-state index in [4.69, 9.17) is 0 Å². The Hall–Kier alpha value is -1.95. The van der Waals surface area contributed by atoms with E-state index in [9.17, 15) is 14.0 Å². The number of hydrogen-bond acceptors (Lipinski definition) is 3. The van der Waals surface area contributed by atoms with Gasteiger partial charge in [0.1, 0.15) is 5.82 Å². The zero-order valence-corrected chi connectivity index (χ0v) is 11.8. The van der Waals surface area contributed by atoms with Crippen LogP contribution in [0.15, 0.2) is 24.3 Å². The van der Waals surface area contributed by atoms with Gasteiger partial charge in [0.05, 0.1) is 13.1 Å². The lowest BCUT2D eigenvalue weighted by Gasteiger charge is -2.18. The molecule has 0 saturated heterocycles. The number of carbonyl (C=O) groups is 2. The summed E-state index contributed by atoms with van der Waals surface area (Å²) in [6.07, 6.45) is 0. The molecule has 5 nitrogen and oxygen atoms in total. The summed E-state index contributed by atoms with van der Waals surface area (Å²) in [4.78, 5) is 24.9. The quantitative estimate of drug-likeness (QED) is 0.790. The van der Waals surface area contributed by atoms with Gasteiger partial charge in [-0.2, -0.15) is 0 Å². The number of hydrogen-bond donors (Lipinski definition) is 2. The van der Waals surface area contributed by atoms with Crippen LogP contribution in [-0.2, 0) is 9.59 Å². The monoisotopic (exact) mass is 281 g/mol. The molecular weight excluding hydrogens is 261 g/mol. The number of nitrogens with zero attached hydrogens (tertiary/aromatic N) is 1. The number of amides is 2. The number of halogens is 1. The van der Waals surface area contributed by atoms with Crippen molar-refractivity contribution >= 4 is 17.5 Å². The molecule has 1 aromatic carbocycles. The van der Waals surface area contributed by atoms with Crippen molar-refractivity contribution in [3.05, 3.63) is 30.1 Å². The highest BCUT2D eigenvalue weighted by molar-refractivity contribution is 5.92. The fourth-order valence-corrected chi connectivity index (χ4v) is 1.74. The molecule has 0 aromatic heterocycles. The highest BCUT2D eigenvalue weighted by Gasteiger charge is 2.09. The number of anilines is 1. The van der Waals surface area contributed by atoms with Crippen LogP contribution < -0.4 is 10.6 Å². The molecule has 2 N–H and O–H groups in total. The minimum Gasteiger partial charge on any atom is -0.342 e. The molecule has 0 aliphatic heterocycles. The van der Waals surface area contributed by atoms with Gasteiger partial charge in [0, 0.05) is 18.8 Å². The Morgan fingerprint density at radius 1 is 1.20 bits per heavy atom. The maximum absolute atomic E-state index is 12.9. The summed E-state index contributed by atoms with van der Waals surface area (Å²) < 4.78 is 12.9. The molecule has 6 heteroatoms. The maximum Gasteiger partial charge on any atom is 0.238 e. The lowest BCUT2D eigenvalue weighted by Crippen LogP contribution is -2.40. The van der Waals surface area contributed by atoms with E-state index in [0.717, 1.165) is 0 Å². The molecule has 1 rings (SSSR count). The lowest BCUT2D eigenvalue weighted by atomic mass is 10.3. The van der Waals surface area contributed by atoms with Gasteiger partial charge in [-0.05, 0) is 32.0 Å². The molecular formula is C14H20FN3O2. The van der Waals surface area contributed by atoms with E-state index in [-0.39, 0.29) is 24.9 Å². The second-order valence-corrected chi connectivity index (χ2v) is 4.23. The largest absolute Gasteiger partial charge is 0.342 e. The van der Waals surface area contributed by atoms with Crippen molar-refractivity contribution in [3.8, 4) is 0 Å². The molecule has 0 heterocycles. The summed E-state index contributed by atoms with van der Waals surface area (Å²) >= 11 is 0. The average molecular weight is 281 g/mol. The van der Waals surface area contributed by atoms with Crippen LogP contribution >= 0.6 is 0 Å². The molecule has 0 aliphatic carbocycles. The Morgan fingerprint density at radius 2 is 1.90 bits per heavy atom. The molecule has 0 saturated carbocycles. The first-order chi connectivity index (χ1) is 9.56. The Balaban J connectivity index is 2.32. The van der Waals surface area contributed by atoms with Crippen molar-refractivity contribution < 1.29 is 14.0 Å². The zero-order chi connectivity index (χ0) is 15.0. The second kappa shape index (κ2) is 8.27. The summed E-state index contributed by atoms with van der Waals surface area (Å²) in [5.41, 5.74) is 0.395. The van der Waals surface area contributed by atoms with Gasteiger partial charge in [-0.25, -0.2) is 4.39 Å². The van der Waals surface area contributed by atoms with E-state index in [1.807, 2.05) is 13.8 Å². The summed E-state index contributed by atoms with van der Waals surface area (Å²) in [6.45, 7) is 5.21. The molecule has 0 radical (unpaired) electrons. The normalized spacial score (nSPS) is 10.2. The molecule has 0 unspecified atom stereocenters. The second-order valence-electron chi connectivity index (χ2n) is 4.23. The van der Waals surface area contributed by atoms with Crippen molar-refractivity contribution in [2.75, 3.05) is 31.5 Å². The number of likely N-dealkylation sites (N-methyl/N-ethyl adjacent to an activating group) is 1. The van der Waals surface area contributed by atoms with E-state index < -0.39 is 5.82 Å². The minimum atomic E-state index is -0.410.